The Morgan fingerprint density at radius 2 is 1.85 bits per heavy atom. The quantitative estimate of drug-likeness (QED) is 0.429. The number of hydrogen-bond acceptors (Lipinski definition) is 5. The largest absolute Gasteiger partial charge is 0.427 e. The van der Waals surface area contributed by atoms with Crippen LogP contribution in [0, 0.1) is 11.7 Å². The predicted molar refractivity (Wildman–Crippen MR) is 138 cm³/mol. The van der Waals surface area contributed by atoms with Gasteiger partial charge in [-0.05, 0) is 67.5 Å². The lowest BCUT2D eigenvalue weighted by Gasteiger charge is -2.31. The van der Waals surface area contributed by atoms with Crippen LogP contribution < -0.4 is 5.32 Å². The highest BCUT2D eigenvalue weighted by Crippen LogP contribution is 2.46. The normalized spacial score (nSPS) is 21.6. The Morgan fingerprint density at radius 1 is 1.15 bits per heavy atom. The highest BCUT2D eigenvalue weighted by atomic mass is 19.4. The van der Waals surface area contributed by atoms with E-state index < -0.39 is 54.6 Å². The molecule has 1 N–H and O–H groups in total. The van der Waals surface area contributed by atoms with Gasteiger partial charge in [0.1, 0.15) is 18.4 Å². The molecule has 2 aliphatic carbocycles. The first-order chi connectivity index (χ1) is 19.0. The van der Waals surface area contributed by atoms with E-state index in [-0.39, 0.29) is 12.0 Å². The van der Waals surface area contributed by atoms with Crippen molar-refractivity contribution in [1.82, 2.24) is 9.80 Å². The van der Waals surface area contributed by atoms with Gasteiger partial charge in [0.05, 0.1) is 0 Å². The van der Waals surface area contributed by atoms with Crippen LogP contribution in [0.25, 0.3) is 0 Å². The topological polar surface area (TPSA) is 79.0 Å². The number of alkyl halides is 3. The van der Waals surface area contributed by atoms with Crippen LogP contribution in [0.4, 0.5) is 28.0 Å². The fourth-order valence-corrected chi connectivity index (χ4v) is 5.87. The van der Waals surface area contributed by atoms with E-state index in [4.69, 9.17) is 4.74 Å². The van der Waals surface area contributed by atoms with E-state index in [0.29, 0.717) is 27.7 Å². The minimum absolute atomic E-state index is 0.182. The van der Waals surface area contributed by atoms with Gasteiger partial charge < -0.3 is 15.0 Å². The molecule has 1 saturated heterocycles. The molecule has 3 amide bonds. The lowest BCUT2D eigenvalue weighted by Crippen LogP contribution is -2.51. The molecular formula is C29H31F4N3O4. The number of carbonyl (C=O) groups excluding carboxylic acids is 3. The highest BCUT2D eigenvalue weighted by molar-refractivity contribution is 6.06. The summed E-state index contributed by atoms with van der Waals surface area (Å²) in [6, 6.07) is 7.99. The summed E-state index contributed by atoms with van der Waals surface area (Å²) in [6.45, 7) is 0.288. The number of nitrogens with one attached hydrogen (secondary N) is 1. The fourth-order valence-electron chi connectivity index (χ4n) is 5.87. The number of amides is 3. The number of fused-ring (bicyclic) bond motifs is 2. The Hall–Kier alpha value is -3.63. The number of carbonyl (C=O) groups is 3. The van der Waals surface area contributed by atoms with Crippen LogP contribution >= 0.6 is 0 Å². The molecule has 1 aliphatic heterocycles. The van der Waals surface area contributed by atoms with Gasteiger partial charge in [-0.1, -0.05) is 31.0 Å². The second kappa shape index (κ2) is 10.7. The molecule has 1 spiro atoms. The number of rotatable bonds is 8. The van der Waals surface area contributed by atoms with Crippen molar-refractivity contribution >= 4 is 23.6 Å². The number of benzene rings is 2. The second-order valence-corrected chi connectivity index (χ2v) is 10.9. The van der Waals surface area contributed by atoms with Crippen LogP contribution in [0.3, 0.4) is 0 Å². The van der Waals surface area contributed by atoms with Gasteiger partial charge in [0.2, 0.25) is 11.5 Å². The number of aryl methyl sites for hydroxylation is 1. The lowest BCUT2D eigenvalue weighted by molar-refractivity contribution is -0.187. The van der Waals surface area contributed by atoms with Gasteiger partial charge in [0.25, 0.3) is 5.91 Å². The minimum atomic E-state index is -4.76. The monoisotopic (exact) mass is 561 g/mol. The number of nitrogens with zero attached hydrogens (tertiary/aromatic N) is 2. The predicted octanol–water partition coefficient (Wildman–Crippen LogP) is 5.53. The number of imide groups is 1. The molecular weight excluding hydrogens is 530 g/mol. The number of anilines is 1. The Bertz CT molecular complexity index is 1290. The van der Waals surface area contributed by atoms with Crippen molar-refractivity contribution in [2.75, 3.05) is 18.4 Å². The Morgan fingerprint density at radius 3 is 2.52 bits per heavy atom. The van der Waals surface area contributed by atoms with Gasteiger partial charge in [-0.25, -0.2) is 14.1 Å². The van der Waals surface area contributed by atoms with Crippen LogP contribution in [-0.4, -0.2) is 53.0 Å². The third-order valence-electron chi connectivity index (χ3n) is 8.25. The van der Waals surface area contributed by atoms with Crippen LogP contribution in [0.5, 0.6) is 0 Å². The van der Waals surface area contributed by atoms with Gasteiger partial charge in [-0.3, -0.25) is 9.59 Å². The number of hydrogen-bond donors (Lipinski definition) is 1. The van der Waals surface area contributed by atoms with E-state index in [1.165, 1.54) is 37.8 Å². The molecule has 0 aromatic heterocycles. The molecule has 11 heteroatoms. The Balaban J connectivity index is 1.32. The molecule has 2 fully saturated rings. The molecule has 0 radical (unpaired) electrons. The maximum Gasteiger partial charge on any atom is 0.418 e. The average molecular weight is 562 g/mol. The molecule has 7 nitrogen and oxygen atoms in total. The summed E-state index contributed by atoms with van der Waals surface area (Å²) in [6.07, 6.45) is -0.309. The Kier molecular flexibility index (Phi) is 7.50. The highest BCUT2D eigenvalue weighted by Gasteiger charge is 2.58. The number of halogens is 4. The van der Waals surface area contributed by atoms with Gasteiger partial charge in [0.15, 0.2) is 0 Å². The first kappa shape index (κ1) is 27.9. The maximum absolute atomic E-state index is 13.6. The molecule has 2 aromatic rings. The zero-order chi connectivity index (χ0) is 28.7. The van der Waals surface area contributed by atoms with Crippen LogP contribution in [0.15, 0.2) is 42.5 Å². The molecule has 214 valence electrons. The summed E-state index contributed by atoms with van der Waals surface area (Å²) in [5.41, 5.74) is 0.936. The third kappa shape index (κ3) is 5.38. The van der Waals surface area contributed by atoms with Crippen molar-refractivity contribution in [3.63, 3.8) is 0 Å². The summed E-state index contributed by atoms with van der Waals surface area (Å²) in [7, 11) is 0. The van der Waals surface area contributed by atoms with Crippen molar-refractivity contribution in [3.05, 3.63) is 65.0 Å². The van der Waals surface area contributed by atoms with Crippen LogP contribution in [0.2, 0.25) is 0 Å². The van der Waals surface area contributed by atoms with E-state index in [1.807, 2.05) is 12.1 Å². The lowest BCUT2D eigenvalue weighted by atomic mass is 9.94. The minimum Gasteiger partial charge on any atom is -0.427 e. The molecule has 1 saturated carbocycles. The van der Waals surface area contributed by atoms with Crippen molar-refractivity contribution in [2.45, 2.75) is 69.8 Å². The average Bonchev–Trinajstić information content (AvgIpc) is 3.62. The van der Waals surface area contributed by atoms with E-state index in [1.54, 1.807) is 6.07 Å². The first-order valence-corrected chi connectivity index (χ1v) is 13.5. The molecule has 0 unspecified atom stereocenters. The van der Waals surface area contributed by atoms with Crippen molar-refractivity contribution in [1.29, 1.82) is 0 Å². The number of ether oxygens (including phenoxy) is 1. The summed E-state index contributed by atoms with van der Waals surface area (Å²) in [5, 5.41) is 3.44. The SMILES string of the molecule is C[C@H](N(Cc1ccc(F)cc1)C(=O)CN1C(=O)O[C@]2(CCc3cc(NCC4CCCC4)ccc32)C1=O)C(F)(F)F. The van der Waals surface area contributed by atoms with E-state index >= 15 is 0 Å². The van der Waals surface area contributed by atoms with E-state index in [2.05, 4.69) is 5.32 Å². The van der Waals surface area contributed by atoms with Crippen LogP contribution in [-0.2, 0) is 32.9 Å². The summed E-state index contributed by atoms with van der Waals surface area (Å²) in [4.78, 5) is 40.7. The smallest absolute Gasteiger partial charge is 0.418 e. The fraction of sp³-hybridized carbons (Fsp3) is 0.483. The molecule has 1 heterocycles. The third-order valence-corrected chi connectivity index (χ3v) is 8.25. The van der Waals surface area contributed by atoms with Crippen LogP contribution in [0.1, 0.15) is 55.7 Å². The zero-order valence-electron chi connectivity index (χ0n) is 22.1. The summed E-state index contributed by atoms with van der Waals surface area (Å²) in [5.74, 6) is -1.79. The van der Waals surface area contributed by atoms with Gasteiger partial charge >= 0.3 is 12.3 Å². The maximum atomic E-state index is 13.6. The standard InChI is InChI=1S/C29H31F4N3O4/c1-18(29(31,32)33)35(16-20-6-8-22(30)9-7-20)25(37)17-36-26(38)28(40-27(36)39)13-12-21-14-23(10-11-24(21)28)34-15-19-4-2-3-5-19/h6-11,14,18-19,34H,2-5,12-13,15-17H2,1H3/t18-,28-/m0/s1. The molecule has 3 aliphatic rings. The van der Waals surface area contributed by atoms with E-state index in [9.17, 15) is 31.9 Å². The van der Waals surface area contributed by atoms with Crippen molar-refractivity contribution < 1.29 is 36.7 Å². The Labute approximate surface area is 229 Å². The first-order valence-electron chi connectivity index (χ1n) is 13.5. The molecule has 5 rings (SSSR count). The molecule has 0 bridgehead atoms. The second-order valence-electron chi connectivity index (χ2n) is 10.9. The molecule has 40 heavy (non-hydrogen) atoms. The molecule has 2 aromatic carbocycles. The zero-order valence-corrected chi connectivity index (χ0v) is 22.1. The summed E-state index contributed by atoms with van der Waals surface area (Å²) < 4.78 is 59.8. The van der Waals surface area contributed by atoms with Crippen molar-refractivity contribution in [3.8, 4) is 0 Å². The van der Waals surface area contributed by atoms with Gasteiger partial charge in [-0.15, -0.1) is 0 Å². The summed E-state index contributed by atoms with van der Waals surface area (Å²) >= 11 is 0. The van der Waals surface area contributed by atoms with Gasteiger partial charge in [-0.2, -0.15) is 13.2 Å². The molecule has 2 atom stereocenters. The van der Waals surface area contributed by atoms with E-state index in [0.717, 1.165) is 36.9 Å². The van der Waals surface area contributed by atoms with Gasteiger partial charge in [0, 0.05) is 30.8 Å². The van der Waals surface area contributed by atoms with Crippen molar-refractivity contribution in [2.24, 2.45) is 5.92 Å².